The minimum absolute atomic E-state index is 0.276. The molecule has 1 aromatic rings. The molecule has 2 unspecified atom stereocenters. The lowest BCUT2D eigenvalue weighted by molar-refractivity contribution is -0.136. The second-order valence-corrected chi connectivity index (χ2v) is 6.84. The summed E-state index contributed by atoms with van der Waals surface area (Å²) in [5.74, 6) is 2.35. The Bertz CT molecular complexity index is 520. The van der Waals surface area contributed by atoms with Gasteiger partial charge in [-0.3, -0.25) is 4.79 Å². The molecule has 1 saturated carbocycles. The molecule has 0 radical (unpaired) electrons. The van der Waals surface area contributed by atoms with Crippen LogP contribution in [0.5, 0.6) is 5.75 Å². The number of hydrogen-bond acceptors (Lipinski definition) is 2. The third-order valence-electron chi connectivity index (χ3n) is 5.13. The molecular weight excluding hydrogens is 250 g/mol. The molecule has 0 aromatic heterocycles. The van der Waals surface area contributed by atoms with Crippen LogP contribution in [-0.2, 0) is 11.3 Å². The molecule has 1 aliphatic carbocycles. The van der Waals surface area contributed by atoms with Gasteiger partial charge in [0.05, 0.1) is 7.11 Å². The van der Waals surface area contributed by atoms with E-state index in [2.05, 4.69) is 37.8 Å². The Labute approximate surface area is 120 Å². The predicted molar refractivity (Wildman–Crippen MR) is 78.4 cm³/mol. The summed E-state index contributed by atoms with van der Waals surface area (Å²) in [5.41, 5.74) is 1.45. The first-order valence-electron chi connectivity index (χ1n) is 7.37. The van der Waals surface area contributed by atoms with Gasteiger partial charge in [0.15, 0.2) is 0 Å². The van der Waals surface area contributed by atoms with Crippen LogP contribution < -0.4 is 4.74 Å². The van der Waals surface area contributed by atoms with Crippen molar-refractivity contribution in [2.45, 2.75) is 39.8 Å². The molecule has 1 aliphatic heterocycles. The summed E-state index contributed by atoms with van der Waals surface area (Å²) >= 11 is 0. The van der Waals surface area contributed by atoms with Gasteiger partial charge < -0.3 is 9.64 Å². The first-order valence-corrected chi connectivity index (χ1v) is 7.37. The Hall–Kier alpha value is -1.51. The fourth-order valence-corrected chi connectivity index (χ4v) is 4.08. The lowest BCUT2D eigenvalue weighted by Gasteiger charge is -2.30. The minimum atomic E-state index is 0.276. The third kappa shape index (κ3) is 2.00. The SMILES string of the molecule is COc1ccc(CN2C(=O)C[C@H](C)C3C2C3(C)C)cc1. The van der Waals surface area contributed by atoms with Crippen molar-refractivity contribution >= 4 is 5.91 Å². The first kappa shape index (κ1) is 13.5. The van der Waals surface area contributed by atoms with Crippen molar-refractivity contribution in [3.8, 4) is 5.75 Å². The van der Waals surface area contributed by atoms with Crippen LogP contribution in [0.1, 0.15) is 32.8 Å². The number of methoxy groups -OCH3 is 1. The molecule has 3 rings (SSSR count). The zero-order chi connectivity index (χ0) is 14.5. The highest BCUT2D eigenvalue weighted by Crippen LogP contribution is 2.62. The second kappa shape index (κ2) is 4.51. The van der Waals surface area contributed by atoms with E-state index in [9.17, 15) is 4.79 Å². The van der Waals surface area contributed by atoms with E-state index in [0.29, 0.717) is 30.2 Å². The maximum Gasteiger partial charge on any atom is 0.223 e. The lowest BCUT2D eigenvalue weighted by Crippen LogP contribution is -2.39. The molecule has 0 bridgehead atoms. The number of rotatable bonds is 3. The highest BCUT2D eigenvalue weighted by molar-refractivity contribution is 5.79. The summed E-state index contributed by atoms with van der Waals surface area (Å²) in [7, 11) is 1.67. The quantitative estimate of drug-likeness (QED) is 0.847. The van der Waals surface area contributed by atoms with Crippen LogP contribution in [0.2, 0.25) is 0 Å². The maximum absolute atomic E-state index is 12.4. The van der Waals surface area contributed by atoms with Gasteiger partial charge in [-0.2, -0.15) is 0 Å². The van der Waals surface area contributed by atoms with E-state index < -0.39 is 0 Å². The molecule has 1 heterocycles. The van der Waals surface area contributed by atoms with Crippen molar-refractivity contribution in [1.82, 2.24) is 4.90 Å². The molecule has 108 valence electrons. The van der Waals surface area contributed by atoms with Crippen LogP contribution in [0, 0.1) is 17.3 Å². The van der Waals surface area contributed by atoms with Crippen LogP contribution in [-0.4, -0.2) is 24.0 Å². The lowest BCUT2D eigenvalue weighted by atomic mass is 9.94. The van der Waals surface area contributed by atoms with Crippen LogP contribution in [0.25, 0.3) is 0 Å². The van der Waals surface area contributed by atoms with Crippen molar-refractivity contribution in [2.75, 3.05) is 7.11 Å². The molecular formula is C17H23NO2. The molecule has 2 aliphatic rings. The predicted octanol–water partition coefficient (Wildman–Crippen LogP) is 3.09. The van der Waals surface area contributed by atoms with Gasteiger partial charge in [-0.1, -0.05) is 32.9 Å². The molecule has 20 heavy (non-hydrogen) atoms. The Morgan fingerprint density at radius 1 is 1.30 bits per heavy atom. The van der Waals surface area contributed by atoms with Gasteiger partial charge in [-0.15, -0.1) is 0 Å². The van der Waals surface area contributed by atoms with Gasteiger partial charge in [0.1, 0.15) is 5.75 Å². The average molecular weight is 273 g/mol. The zero-order valence-corrected chi connectivity index (χ0v) is 12.7. The van der Waals surface area contributed by atoms with Crippen molar-refractivity contribution in [1.29, 1.82) is 0 Å². The van der Waals surface area contributed by atoms with Crippen molar-refractivity contribution < 1.29 is 9.53 Å². The minimum Gasteiger partial charge on any atom is -0.497 e. The van der Waals surface area contributed by atoms with Crippen LogP contribution in [0.4, 0.5) is 0 Å². The fourth-order valence-electron chi connectivity index (χ4n) is 4.08. The normalized spacial score (nSPS) is 30.9. The fraction of sp³-hybridized carbons (Fsp3) is 0.588. The standard InChI is InChI=1S/C17H23NO2/c1-11-9-14(19)18(16-15(11)17(16,2)3)10-12-5-7-13(20-4)8-6-12/h5-8,11,15-16H,9-10H2,1-4H3/t11-,15?,16?/m0/s1. The van der Waals surface area contributed by atoms with E-state index in [1.807, 2.05) is 12.1 Å². The Morgan fingerprint density at radius 3 is 2.55 bits per heavy atom. The number of fused-ring (bicyclic) bond motifs is 1. The van der Waals surface area contributed by atoms with E-state index in [0.717, 1.165) is 12.3 Å². The van der Waals surface area contributed by atoms with Crippen molar-refractivity contribution in [3.63, 3.8) is 0 Å². The number of carbonyl (C=O) groups is 1. The van der Waals surface area contributed by atoms with Gasteiger partial charge in [0.25, 0.3) is 0 Å². The number of benzene rings is 1. The molecule has 1 aromatic carbocycles. The number of hydrogen-bond donors (Lipinski definition) is 0. The van der Waals surface area contributed by atoms with Gasteiger partial charge >= 0.3 is 0 Å². The van der Waals surface area contributed by atoms with E-state index >= 15 is 0 Å². The Balaban J connectivity index is 1.77. The molecule has 0 N–H and O–H groups in total. The molecule has 3 heteroatoms. The van der Waals surface area contributed by atoms with Crippen LogP contribution in [0.15, 0.2) is 24.3 Å². The molecule has 2 fully saturated rings. The molecule has 1 amide bonds. The molecule has 0 spiro atoms. The van der Waals surface area contributed by atoms with E-state index in [4.69, 9.17) is 4.74 Å². The number of likely N-dealkylation sites (tertiary alicyclic amines) is 1. The van der Waals surface area contributed by atoms with Crippen LogP contribution in [0.3, 0.4) is 0 Å². The summed E-state index contributed by atoms with van der Waals surface area (Å²) in [6, 6.07) is 8.44. The van der Waals surface area contributed by atoms with Crippen molar-refractivity contribution in [2.24, 2.45) is 17.3 Å². The van der Waals surface area contributed by atoms with Gasteiger partial charge in [0, 0.05) is 19.0 Å². The maximum atomic E-state index is 12.4. The van der Waals surface area contributed by atoms with Gasteiger partial charge in [-0.25, -0.2) is 0 Å². The average Bonchev–Trinajstić information content (AvgIpc) is 2.99. The summed E-state index contributed by atoms with van der Waals surface area (Å²) in [4.78, 5) is 14.4. The van der Waals surface area contributed by atoms with E-state index in [1.54, 1.807) is 7.11 Å². The van der Waals surface area contributed by atoms with E-state index in [1.165, 1.54) is 5.56 Å². The van der Waals surface area contributed by atoms with E-state index in [-0.39, 0.29) is 5.41 Å². The molecule has 3 atom stereocenters. The highest BCUT2D eigenvalue weighted by atomic mass is 16.5. The number of ether oxygens (including phenoxy) is 1. The van der Waals surface area contributed by atoms with Gasteiger partial charge in [-0.05, 0) is 34.9 Å². The molecule has 1 saturated heterocycles. The number of nitrogens with zero attached hydrogens (tertiary/aromatic N) is 1. The summed E-state index contributed by atoms with van der Waals surface area (Å²) in [5, 5.41) is 0. The third-order valence-corrected chi connectivity index (χ3v) is 5.13. The monoisotopic (exact) mass is 273 g/mol. The number of carbonyl (C=O) groups excluding carboxylic acids is 1. The summed E-state index contributed by atoms with van der Waals surface area (Å²) in [6.07, 6.45) is 0.695. The summed E-state index contributed by atoms with van der Waals surface area (Å²) < 4.78 is 5.18. The Morgan fingerprint density at radius 2 is 1.95 bits per heavy atom. The number of amides is 1. The largest absolute Gasteiger partial charge is 0.497 e. The van der Waals surface area contributed by atoms with Gasteiger partial charge in [0.2, 0.25) is 5.91 Å². The second-order valence-electron chi connectivity index (χ2n) is 6.84. The molecule has 3 nitrogen and oxygen atoms in total. The Kier molecular flexibility index (Phi) is 3.03. The smallest absolute Gasteiger partial charge is 0.223 e. The summed E-state index contributed by atoms with van der Waals surface area (Å²) in [6.45, 7) is 7.52. The highest BCUT2D eigenvalue weighted by Gasteiger charge is 2.65. The van der Waals surface area contributed by atoms with Crippen LogP contribution >= 0.6 is 0 Å². The van der Waals surface area contributed by atoms with Crippen molar-refractivity contribution in [3.05, 3.63) is 29.8 Å². The topological polar surface area (TPSA) is 29.5 Å². The number of piperidine rings is 1. The first-order chi connectivity index (χ1) is 9.45. The zero-order valence-electron chi connectivity index (χ0n) is 12.7.